The number of hydrogen-bond donors (Lipinski definition) is 0. The van der Waals surface area contributed by atoms with E-state index < -0.39 is 0 Å². The number of esters is 1. The fraction of sp³-hybridized carbons (Fsp3) is 0.0741. The van der Waals surface area contributed by atoms with E-state index in [-0.39, 0.29) is 24.1 Å². The van der Waals surface area contributed by atoms with Gasteiger partial charge in [0.2, 0.25) is 0 Å². The average Bonchev–Trinajstić information content (AvgIpc) is 3.28. The second-order valence-electron chi connectivity index (χ2n) is 7.57. The Labute approximate surface area is 200 Å². The van der Waals surface area contributed by atoms with Gasteiger partial charge in [-0.05, 0) is 35.4 Å². The second-order valence-corrected chi connectivity index (χ2v) is 8.53. The van der Waals surface area contributed by atoms with E-state index in [0.717, 1.165) is 27.8 Å². The summed E-state index contributed by atoms with van der Waals surface area (Å²) in [7, 11) is 0. The molecule has 168 valence electrons. The lowest BCUT2D eigenvalue weighted by atomic mass is 10.1. The maximum Gasteiger partial charge on any atom is 0.316 e. The van der Waals surface area contributed by atoms with Crippen molar-refractivity contribution in [2.75, 3.05) is 5.75 Å². The molecule has 0 aliphatic heterocycles. The number of aromatic nitrogens is 3. The number of halogens is 1. The molecule has 0 saturated heterocycles. The molecule has 0 saturated carbocycles. The predicted molar refractivity (Wildman–Crippen MR) is 131 cm³/mol. The molecule has 0 aliphatic rings. The minimum Gasteiger partial charge on any atom is -0.460 e. The van der Waals surface area contributed by atoms with Crippen LogP contribution in [0.3, 0.4) is 0 Å². The van der Waals surface area contributed by atoms with Crippen molar-refractivity contribution in [3.63, 3.8) is 0 Å². The number of nitrogens with zero attached hydrogens (tertiary/aromatic N) is 3. The molecule has 0 atom stereocenters. The highest BCUT2D eigenvalue weighted by atomic mass is 32.2. The summed E-state index contributed by atoms with van der Waals surface area (Å²) in [5.74, 6) is -0.502. The van der Waals surface area contributed by atoms with E-state index in [0.29, 0.717) is 10.7 Å². The molecule has 5 nitrogen and oxygen atoms in total. The molecule has 2 aromatic heterocycles. The predicted octanol–water partition coefficient (Wildman–Crippen LogP) is 6.06. The lowest BCUT2D eigenvalue weighted by Gasteiger charge is -2.07. The van der Waals surface area contributed by atoms with Crippen molar-refractivity contribution < 1.29 is 13.9 Å². The Hall–Kier alpha value is -3.97. The Morgan fingerprint density at radius 2 is 1.62 bits per heavy atom. The van der Waals surface area contributed by atoms with Crippen LogP contribution in [0, 0.1) is 5.82 Å². The standard InChI is InChI=1S/C27H20FN3O2S/c28-21-11-13-22(14-12-21)31-15-23(20-9-5-2-6-10-20)25-26(31)29-18-30-27(25)34-17-24(32)33-16-19-7-3-1-4-8-19/h1-15,18H,16-17H2. The highest BCUT2D eigenvalue weighted by Gasteiger charge is 2.18. The minimum absolute atomic E-state index is 0.120. The molecule has 34 heavy (non-hydrogen) atoms. The topological polar surface area (TPSA) is 57.0 Å². The quantitative estimate of drug-likeness (QED) is 0.165. The molecule has 0 radical (unpaired) electrons. The Morgan fingerprint density at radius 3 is 2.35 bits per heavy atom. The van der Waals surface area contributed by atoms with Crippen LogP contribution in [0.15, 0.2) is 102 Å². The van der Waals surface area contributed by atoms with Crippen LogP contribution in [-0.4, -0.2) is 26.3 Å². The van der Waals surface area contributed by atoms with Gasteiger partial charge < -0.3 is 9.30 Å². The van der Waals surface area contributed by atoms with Crippen LogP contribution in [-0.2, 0) is 16.1 Å². The Morgan fingerprint density at radius 1 is 0.912 bits per heavy atom. The zero-order valence-corrected chi connectivity index (χ0v) is 18.9. The van der Waals surface area contributed by atoms with Crippen molar-refractivity contribution in [1.82, 2.24) is 14.5 Å². The zero-order chi connectivity index (χ0) is 23.3. The summed E-state index contributed by atoms with van der Waals surface area (Å²) in [6.07, 6.45) is 3.45. The van der Waals surface area contributed by atoms with Gasteiger partial charge in [0.15, 0.2) is 0 Å². The van der Waals surface area contributed by atoms with Crippen LogP contribution >= 0.6 is 11.8 Å². The van der Waals surface area contributed by atoms with Gasteiger partial charge in [-0.2, -0.15) is 0 Å². The normalized spacial score (nSPS) is 11.0. The first-order valence-corrected chi connectivity index (χ1v) is 11.7. The van der Waals surface area contributed by atoms with E-state index in [9.17, 15) is 9.18 Å². The zero-order valence-electron chi connectivity index (χ0n) is 18.1. The van der Waals surface area contributed by atoms with E-state index in [1.165, 1.54) is 30.2 Å². The summed E-state index contributed by atoms with van der Waals surface area (Å²) < 4.78 is 20.8. The number of carbonyl (C=O) groups excluding carboxylic acids is 1. The van der Waals surface area contributed by atoms with Gasteiger partial charge >= 0.3 is 5.97 Å². The third kappa shape index (κ3) is 4.70. The fourth-order valence-corrected chi connectivity index (χ4v) is 4.49. The van der Waals surface area contributed by atoms with Crippen molar-refractivity contribution in [2.24, 2.45) is 0 Å². The Balaban J connectivity index is 1.47. The summed E-state index contributed by atoms with van der Waals surface area (Å²) in [5, 5.41) is 1.51. The maximum atomic E-state index is 13.5. The number of thioether (sulfide) groups is 1. The van der Waals surface area contributed by atoms with Crippen LogP contribution in [0.2, 0.25) is 0 Å². The van der Waals surface area contributed by atoms with Crippen molar-refractivity contribution in [2.45, 2.75) is 11.6 Å². The van der Waals surface area contributed by atoms with Crippen LogP contribution in [0.5, 0.6) is 0 Å². The maximum absolute atomic E-state index is 13.5. The summed E-state index contributed by atoms with van der Waals surface area (Å²) in [6, 6.07) is 25.7. The molecule has 3 aromatic carbocycles. The van der Waals surface area contributed by atoms with Gasteiger partial charge in [-0.15, -0.1) is 0 Å². The molecule has 0 spiro atoms. The van der Waals surface area contributed by atoms with Gasteiger partial charge in [-0.1, -0.05) is 72.4 Å². The summed E-state index contributed by atoms with van der Waals surface area (Å²) in [6.45, 7) is 0.232. The largest absolute Gasteiger partial charge is 0.460 e. The van der Waals surface area contributed by atoms with Gasteiger partial charge in [0.1, 0.15) is 29.4 Å². The van der Waals surface area contributed by atoms with Crippen LogP contribution in [0.25, 0.3) is 27.8 Å². The lowest BCUT2D eigenvalue weighted by Crippen LogP contribution is -2.07. The molecular weight excluding hydrogens is 449 g/mol. The van der Waals surface area contributed by atoms with E-state index in [2.05, 4.69) is 9.97 Å². The van der Waals surface area contributed by atoms with Crippen molar-refractivity contribution in [3.05, 3.63) is 109 Å². The van der Waals surface area contributed by atoms with E-state index in [1.54, 1.807) is 12.1 Å². The van der Waals surface area contributed by atoms with Crippen LogP contribution in [0.4, 0.5) is 4.39 Å². The molecule has 0 fully saturated rings. The molecule has 0 bridgehead atoms. The number of rotatable bonds is 7. The van der Waals surface area contributed by atoms with Crippen LogP contribution in [0.1, 0.15) is 5.56 Å². The first-order valence-electron chi connectivity index (χ1n) is 10.7. The summed E-state index contributed by atoms with van der Waals surface area (Å²) >= 11 is 1.31. The van der Waals surface area contributed by atoms with Gasteiger partial charge in [-0.3, -0.25) is 4.79 Å². The molecular formula is C27H20FN3O2S. The molecule has 2 heterocycles. The van der Waals surface area contributed by atoms with Crippen molar-refractivity contribution in [3.8, 4) is 16.8 Å². The number of hydrogen-bond acceptors (Lipinski definition) is 5. The van der Waals surface area contributed by atoms with E-state index in [4.69, 9.17) is 4.74 Å². The number of fused-ring (bicyclic) bond motifs is 1. The third-order valence-electron chi connectivity index (χ3n) is 5.31. The van der Waals surface area contributed by atoms with Gasteiger partial charge in [0, 0.05) is 17.4 Å². The van der Waals surface area contributed by atoms with Gasteiger partial charge in [-0.25, -0.2) is 14.4 Å². The minimum atomic E-state index is -0.320. The molecule has 7 heteroatoms. The lowest BCUT2D eigenvalue weighted by molar-refractivity contribution is -0.141. The average molecular weight is 470 g/mol. The van der Waals surface area contributed by atoms with E-state index >= 15 is 0 Å². The number of ether oxygens (including phenoxy) is 1. The van der Waals surface area contributed by atoms with Crippen molar-refractivity contribution >= 4 is 28.8 Å². The SMILES string of the molecule is O=C(CSc1ncnc2c1c(-c1ccccc1)cn2-c1ccc(F)cc1)OCc1ccccc1. The molecule has 0 unspecified atom stereocenters. The first-order chi connectivity index (χ1) is 16.7. The first kappa shape index (κ1) is 21.9. The molecule has 0 amide bonds. The highest BCUT2D eigenvalue weighted by Crippen LogP contribution is 2.36. The molecule has 5 rings (SSSR count). The molecule has 5 aromatic rings. The van der Waals surface area contributed by atoms with Gasteiger partial charge in [0.25, 0.3) is 0 Å². The van der Waals surface area contributed by atoms with Gasteiger partial charge in [0.05, 0.1) is 11.1 Å². The monoisotopic (exact) mass is 469 g/mol. The smallest absolute Gasteiger partial charge is 0.316 e. The number of benzene rings is 3. The van der Waals surface area contributed by atoms with Crippen LogP contribution < -0.4 is 0 Å². The Kier molecular flexibility index (Phi) is 6.35. The highest BCUT2D eigenvalue weighted by molar-refractivity contribution is 8.00. The fourth-order valence-electron chi connectivity index (χ4n) is 3.69. The third-order valence-corrected chi connectivity index (χ3v) is 6.27. The summed E-state index contributed by atoms with van der Waals surface area (Å²) in [5.41, 5.74) is 4.33. The number of carbonyl (C=O) groups is 1. The molecule has 0 N–H and O–H groups in total. The van der Waals surface area contributed by atoms with E-state index in [1.807, 2.05) is 71.4 Å². The van der Waals surface area contributed by atoms with Crippen molar-refractivity contribution in [1.29, 1.82) is 0 Å². The second kappa shape index (κ2) is 9.89. The molecule has 0 aliphatic carbocycles. The Bertz CT molecular complexity index is 1420. The summed E-state index contributed by atoms with van der Waals surface area (Å²) in [4.78, 5) is 21.4.